The molecule has 0 unspecified atom stereocenters. The highest BCUT2D eigenvalue weighted by Gasteiger charge is 2.21. The molecule has 1 N–H and O–H groups in total. The Morgan fingerprint density at radius 3 is 2.64 bits per heavy atom. The van der Waals surface area contributed by atoms with Crippen LogP contribution in [0.25, 0.3) is 5.65 Å². The lowest BCUT2D eigenvalue weighted by Gasteiger charge is -2.12. The highest BCUT2D eigenvalue weighted by molar-refractivity contribution is 5.96. The van der Waals surface area contributed by atoms with E-state index < -0.39 is 17.5 Å². The van der Waals surface area contributed by atoms with Crippen LogP contribution >= 0.6 is 0 Å². The predicted molar refractivity (Wildman–Crippen MR) is 121 cm³/mol. The lowest BCUT2D eigenvalue weighted by atomic mass is 10.1. The summed E-state index contributed by atoms with van der Waals surface area (Å²) < 4.78 is 35.3. The summed E-state index contributed by atoms with van der Waals surface area (Å²) in [7, 11) is 0. The highest BCUT2D eigenvalue weighted by atomic mass is 19.1. The van der Waals surface area contributed by atoms with Gasteiger partial charge in [0.1, 0.15) is 23.9 Å². The number of nitrogens with zero attached hydrogens (tertiary/aromatic N) is 3. The van der Waals surface area contributed by atoms with Crippen molar-refractivity contribution in [3.63, 3.8) is 0 Å². The molecule has 1 amide bonds. The van der Waals surface area contributed by atoms with Crippen molar-refractivity contribution < 1.29 is 18.3 Å². The quantitative estimate of drug-likeness (QED) is 0.472. The number of pyridine rings is 1. The van der Waals surface area contributed by atoms with E-state index in [2.05, 4.69) is 22.9 Å². The zero-order valence-corrected chi connectivity index (χ0v) is 18.7. The van der Waals surface area contributed by atoms with Crippen molar-refractivity contribution in [2.75, 3.05) is 0 Å². The fraction of sp³-hybridized carbons (Fsp3) is 0.240. The molecular weight excluding hydrogens is 426 g/mol. The fourth-order valence-electron chi connectivity index (χ4n) is 3.53. The number of aromatic nitrogens is 2. The van der Waals surface area contributed by atoms with Crippen LogP contribution in [0.4, 0.5) is 8.78 Å². The van der Waals surface area contributed by atoms with Crippen molar-refractivity contribution in [2.24, 2.45) is 0 Å². The molecule has 6 nitrogen and oxygen atoms in total. The molecule has 170 valence electrons. The van der Waals surface area contributed by atoms with Gasteiger partial charge >= 0.3 is 0 Å². The maximum absolute atomic E-state index is 14.0. The summed E-state index contributed by atoms with van der Waals surface area (Å²) in [6.45, 7) is 8.80. The Morgan fingerprint density at radius 2 is 2.03 bits per heavy atom. The predicted octanol–water partition coefficient (Wildman–Crippen LogP) is 5.30. The lowest BCUT2D eigenvalue weighted by Crippen LogP contribution is -2.25. The molecule has 0 spiro atoms. The number of imidazole rings is 1. The Kier molecular flexibility index (Phi) is 7.23. The summed E-state index contributed by atoms with van der Waals surface area (Å²) in [5.74, 6) is -1.54. The molecule has 3 rings (SSSR count). The van der Waals surface area contributed by atoms with E-state index in [1.165, 1.54) is 12.1 Å². The molecule has 0 atom stereocenters. The summed E-state index contributed by atoms with van der Waals surface area (Å²) in [6, 6.07) is 7.40. The second-order valence-corrected chi connectivity index (χ2v) is 7.47. The van der Waals surface area contributed by atoms with Gasteiger partial charge in [0.05, 0.1) is 23.7 Å². The molecule has 0 aliphatic rings. The Bertz CT molecular complexity index is 1280. The van der Waals surface area contributed by atoms with E-state index in [0.717, 1.165) is 23.3 Å². The topological polar surface area (TPSA) is 79.4 Å². The van der Waals surface area contributed by atoms with E-state index in [1.807, 2.05) is 13.8 Å². The Labute approximate surface area is 190 Å². The Hall–Kier alpha value is -3.99. The molecule has 0 fully saturated rings. The molecule has 0 bridgehead atoms. The van der Waals surface area contributed by atoms with Gasteiger partial charge in [-0.15, -0.1) is 0 Å². The molecule has 0 aliphatic heterocycles. The number of hydrogen-bond donors (Lipinski definition) is 1. The molecule has 0 saturated carbocycles. The van der Waals surface area contributed by atoms with Gasteiger partial charge in [-0.1, -0.05) is 19.6 Å². The number of fused-ring (bicyclic) bond motifs is 1. The minimum absolute atomic E-state index is 0.175. The lowest BCUT2D eigenvalue weighted by molar-refractivity contribution is 0.0960. The van der Waals surface area contributed by atoms with Crippen LogP contribution in [0.3, 0.4) is 0 Å². The summed E-state index contributed by atoms with van der Waals surface area (Å²) in [4.78, 5) is 17.6. The number of hydrogen-bond acceptors (Lipinski definition) is 4. The van der Waals surface area contributed by atoms with Gasteiger partial charge in [-0.2, -0.15) is 5.26 Å². The molecule has 8 heteroatoms. The molecular formula is C25H24F2N4O2. The molecule has 1 aromatic carbocycles. The van der Waals surface area contributed by atoms with Crippen molar-refractivity contribution in [3.8, 4) is 11.8 Å². The van der Waals surface area contributed by atoms with Gasteiger partial charge in [0.2, 0.25) is 0 Å². The zero-order valence-electron chi connectivity index (χ0n) is 18.7. The second-order valence-electron chi connectivity index (χ2n) is 7.47. The first-order chi connectivity index (χ1) is 15.8. The minimum Gasteiger partial charge on any atom is -0.485 e. The van der Waals surface area contributed by atoms with Crippen molar-refractivity contribution in [2.45, 2.75) is 40.2 Å². The largest absolute Gasteiger partial charge is 0.485 e. The molecule has 2 aromatic heterocycles. The van der Waals surface area contributed by atoms with Crippen LogP contribution in [0.2, 0.25) is 0 Å². The van der Waals surface area contributed by atoms with Crippen LogP contribution < -0.4 is 10.1 Å². The number of allylic oxidation sites excluding steroid dienone is 2. The number of carbonyl (C=O) groups is 1. The van der Waals surface area contributed by atoms with E-state index in [9.17, 15) is 13.6 Å². The van der Waals surface area contributed by atoms with E-state index in [-0.39, 0.29) is 30.0 Å². The zero-order chi connectivity index (χ0) is 24.1. The van der Waals surface area contributed by atoms with Crippen molar-refractivity contribution in [1.29, 1.82) is 5.26 Å². The molecule has 0 aliphatic carbocycles. The van der Waals surface area contributed by atoms with Crippen LogP contribution in [0.5, 0.6) is 5.75 Å². The number of nitrogens with one attached hydrogen (secondary N) is 1. The summed E-state index contributed by atoms with van der Waals surface area (Å²) in [5, 5.41) is 11.9. The van der Waals surface area contributed by atoms with Gasteiger partial charge in [0.15, 0.2) is 11.4 Å². The van der Waals surface area contributed by atoms with Crippen molar-refractivity contribution in [1.82, 2.24) is 14.7 Å². The van der Waals surface area contributed by atoms with Gasteiger partial charge in [-0.25, -0.2) is 13.8 Å². The van der Waals surface area contributed by atoms with E-state index in [0.29, 0.717) is 23.5 Å². The number of amides is 1. The monoisotopic (exact) mass is 450 g/mol. The third kappa shape index (κ3) is 4.93. The smallest absolute Gasteiger partial charge is 0.274 e. The van der Waals surface area contributed by atoms with Crippen LogP contribution in [0.15, 0.2) is 54.4 Å². The first kappa shape index (κ1) is 23.7. The molecule has 3 aromatic rings. The average molecular weight is 450 g/mol. The maximum atomic E-state index is 14.0. The Balaban J connectivity index is 1.99. The third-order valence-electron chi connectivity index (χ3n) is 5.20. The van der Waals surface area contributed by atoms with Crippen molar-refractivity contribution in [3.05, 3.63) is 88.5 Å². The molecule has 0 saturated heterocycles. The third-order valence-corrected chi connectivity index (χ3v) is 5.20. The van der Waals surface area contributed by atoms with Gasteiger partial charge in [0.25, 0.3) is 5.91 Å². The molecule has 0 radical (unpaired) electrons. The maximum Gasteiger partial charge on any atom is 0.274 e. The first-order valence-corrected chi connectivity index (χ1v) is 10.4. The van der Waals surface area contributed by atoms with Crippen LogP contribution in [0.1, 0.15) is 47.1 Å². The number of aryl methyl sites for hydroxylation is 2. The van der Waals surface area contributed by atoms with Crippen molar-refractivity contribution >= 4 is 11.6 Å². The summed E-state index contributed by atoms with van der Waals surface area (Å²) in [5.41, 5.74) is 2.89. The van der Waals surface area contributed by atoms with E-state index in [4.69, 9.17) is 10.00 Å². The highest BCUT2D eigenvalue weighted by Crippen LogP contribution is 2.26. The van der Waals surface area contributed by atoms with Crippen LogP contribution in [-0.2, 0) is 6.61 Å². The van der Waals surface area contributed by atoms with Crippen LogP contribution in [0, 0.1) is 36.8 Å². The number of rotatable bonds is 8. The standard InChI is InChI=1S/C25H24F2N4O2/c1-5-17(10-11-28)21(6-2)30-25(32)23-16(4)29-24-22(12-15(3)13-31(23)24)33-14-18-19(26)8-7-9-20(18)27/h6-9,12-13H,2,5,10,14H2,1,3-4H3,(H,30,32)/b21-17-. The molecule has 2 heterocycles. The van der Waals surface area contributed by atoms with E-state index in [1.54, 1.807) is 23.6 Å². The molecule has 33 heavy (non-hydrogen) atoms. The van der Waals surface area contributed by atoms with Crippen LogP contribution in [-0.4, -0.2) is 15.3 Å². The number of halogens is 2. The SMILES string of the molecule is C=C/C(NC(=O)c1c(C)nc2c(OCc3c(F)cccc3F)cc(C)cn12)=C(\CC)CC#N. The van der Waals surface area contributed by atoms with Gasteiger partial charge in [-0.3, -0.25) is 9.20 Å². The summed E-state index contributed by atoms with van der Waals surface area (Å²) >= 11 is 0. The minimum atomic E-state index is -0.703. The first-order valence-electron chi connectivity index (χ1n) is 10.4. The van der Waals surface area contributed by atoms with Gasteiger partial charge in [0, 0.05) is 11.9 Å². The Morgan fingerprint density at radius 1 is 1.33 bits per heavy atom. The fourth-order valence-corrected chi connectivity index (χ4v) is 3.53. The number of carbonyl (C=O) groups excluding carboxylic acids is 1. The average Bonchev–Trinajstić information content (AvgIpc) is 3.11. The van der Waals surface area contributed by atoms with E-state index >= 15 is 0 Å². The number of ether oxygens (including phenoxy) is 1. The normalized spacial score (nSPS) is 11.6. The second kappa shape index (κ2) is 10.1. The van der Waals surface area contributed by atoms with Gasteiger partial charge in [-0.05, 0) is 55.7 Å². The van der Waals surface area contributed by atoms with Gasteiger partial charge < -0.3 is 10.1 Å². The number of benzene rings is 1. The summed E-state index contributed by atoms with van der Waals surface area (Å²) in [6.07, 6.45) is 4.00. The number of nitriles is 1.